The summed E-state index contributed by atoms with van der Waals surface area (Å²) in [5.41, 5.74) is 0.0138. The third-order valence-electron chi connectivity index (χ3n) is 16.3. The summed E-state index contributed by atoms with van der Waals surface area (Å²) in [6, 6.07) is 3.09. The molecule has 4 fully saturated rings. The van der Waals surface area contributed by atoms with Crippen molar-refractivity contribution in [2.45, 2.75) is 155 Å². The molecular weight excluding hydrogens is 1100 g/mol. The second-order valence-electron chi connectivity index (χ2n) is 23.3. The van der Waals surface area contributed by atoms with Crippen LogP contribution < -0.4 is 0 Å². The first-order chi connectivity index (χ1) is 43.4. The summed E-state index contributed by atoms with van der Waals surface area (Å²) in [5.74, 6) is -1.09. The zero-order valence-corrected chi connectivity index (χ0v) is 49.5. The predicted molar refractivity (Wildman–Crippen MR) is 307 cm³/mol. The molecular formula is C61H86F6N10O7. The van der Waals surface area contributed by atoms with E-state index < -0.39 is 80.3 Å². The first-order valence-corrected chi connectivity index (χ1v) is 27.8. The Balaban J connectivity index is 0.000000259. The van der Waals surface area contributed by atoms with E-state index in [1.165, 1.54) is 29.7 Å². The van der Waals surface area contributed by atoms with Crippen LogP contribution in [-0.2, 0) is 26.6 Å². The van der Waals surface area contributed by atoms with Crippen molar-refractivity contribution in [3.8, 4) is 0 Å². The molecule has 0 aliphatic carbocycles. The standard InChI is InChI=1S/C28H38F3N5O2.C26H40F3N3O3.C7H8N2O2/c1-19-16-35(14-15-36(19)24(17-38-5)22-6-8-23(9-7-22)28(29,30)31)27(4)10-12-34(13-11-27)26(37)25-20(2)32-18-33-21(25)3;1-19-17-31(25(5)11-13-30(14-12-25)23(33)35-24(2,3)4)15-16-32(19)22(18-34-6)20-7-9-21(10-8-20)26(27,28)29;1-4-6(7(10)11)5(2)9-3-8-4/h6-9,18-19,24H,10-17H2,1-5H3;7-10,19,22H,11-18H2,1-6H3;3H,1-2H3,(H,10,11)/t19-,24-;19-,22-;/m00./s1/i5D3,17D2,24D;6D3,18D2;. The van der Waals surface area contributed by atoms with E-state index >= 15 is 0 Å². The van der Waals surface area contributed by atoms with Gasteiger partial charge in [-0.3, -0.25) is 24.4 Å². The van der Waals surface area contributed by atoms with Gasteiger partial charge in [-0.15, -0.1) is 0 Å². The summed E-state index contributed by atoms with van der Waals surface area (Å²) in [6.45, 7) is 18.7. The van der Waals surface area contributed by atoms with Crippen LogP contribution in [0.1, 0.15) is 167 Å². The molecule has 4 saturated heterocycles. The molecule has 4 atom stereocenters. The van der Waals surface area contributed by atoms with Gasteiger partial charge in [0, 0.05) is 103 Å². The Kier molecular flexibility index (Phi) is 17.6. The van der Waals surface area contributed by atoms with Crippen molar-refractivity contribution in [2.24, 2.45) is 0 Å². The minimum Gasteiger partial charge on any atom is -0.478 e. The van der Waals surface area contributed by atoms with Gasteiger partial charge < -0.3 is 29.1 Å². The van der Waals surface area contributed by atoms with Crippen LogP contribution in [0, 0.1) is 27.7 Å². The minimum absolute atomic E-state index is 0.118. The van der Waals surface area contributed by atoms with Crippen LogP contribution in [-0.4, -0.2) is 194 Å². The summed E-state index contributed by atoms with van der Waals surface area (Å²) in [6.07, 6.45) is -4.01. The van der Waals surface area contributed by atoms with E-state index in [1.807, 2.05) is 27.7 Å². The van der Waals surface area contributed by atoms with Crippen molar-refractivity contribution >= 4 is 18.0 Å². The van der Waals surface area contributed by atoms with Gasteiger partial charge >= 0.3 is 24.4 Å². The molecule has 0 radical (unpaired) electrons. The van der Waals surface area contributed by atoms with Crippen molar-refractivity contribution in [3.63, 3.8) is 0 Å². The first-order valence-electron chi connectivity index (χ1n) is 33.3. The Morgan fingerprint density at radius 2 is 1.04 bits per heavy atom. The third-order valence-corrected chi connectivity index (χ3v) is 16.3. The number of carboxylic acids is 1. The first kappa shape index (κ1) is 52.5. The highest BCUT2D eigenvalue weighted by molar-refractivity contribution is 5.96. The molecule has 1 N–H and O–H groups in total. The van der Waals surface area contributed by atoms with Crippen molar-refractivity contribution < 1.29 is 75.1 Å². The average molecular weight is 1200 g/mol. The number of aromatic carboxylic acids is 1. The number of carbonyl (C=O) groups excluding carboxylic acids is 2. The van der Waals surface area contributed by atoms with Gasteiger partial charge in [0.1, 0.15) is 23.8 Å². The maximum atomic E-state index is 13.3. The van der Waals surface area contributed by atoms with Gasteiger partial charge in [-0.2, -0.15) is 26.3 Å². The molecule has 17 nitrogen and oxygen atoms in total. The molecule has 84 heavy (non-hydrogen) atoms. The average Bonchev–Trinajstić information content (AvgIpc) is 0.737. The predicted octanol–water partition coefficient (Wildman–Crippen LogP) is 10.5. The number of hydrogen-bond acceptors (Lipinski definition) is 14. The molecule has 0 spiro atoms. The van der Waals surface area contributed by atoms with E-state index in [0.717, 1.165) is 36.4 Å². The Labute approximate surface area is 506 Å². The molecule has 2 aromatic carbocycles. The topological polar surface area (TPSA) is 170 Å². The highest BCUT2D eigenvalue weighted by Gasteiger charge is 2.44. The largest absolute Gasteiger partial charge is 0.478 e. The monoisotopic (exact) mass is 1200 g/mol. The van der Waals surface area contributed by atoms with Crippen LogP contribution in [0.4, 0.5) is 31.1 Å². The maximum absolute atomic E-state index is 13.3. The smallest absolute Gasteiger partial charge is 0.416 e. The fourth-order valence-corrected chi connectivity index (χ4v) is 11.3. The fourth-order valence-electron chi connectivity index (χ4n) is 11.3. The summed E-state index contributed by atoms with van der Waals surface area (Å²) < 4.78 is 183. The summed E-state index contributed by atoms with van der Waals surface area (Å²) in [7, 11) is -6.25. The molecule has 8 rings (SSSR count). The molecule has 0 saturated carbocycles. The number of piperidine rings is 2. The number of nitrogens with zero attached hydrogens (tertiary/aromatic N) is 10. The molecule has 2 amide bonds. The van der Waals surface area contributed by atoms with Crippen LogP contribution in [0.15, 0.2) is 61.2 Å². The lowest BCUT2D eigenvalue weighted by molar-refractivity contribution is -0.138. The van der Waals surface area contributed by atoms with E-state index in [2.05, 4.69) is 43.6 Å². The molecule has 23 heteroatoms. The van der Waals surface area contributed by atoms with Crippen LogP contribution in [0.25, 0.3) is 0 Å². The van der Waals surface area contributed by atoms with Gasteiger partial charge in [0.2, 0.25) is 0 Å². The number of rotatable bonds is 12. The second kappa shape index (κ2) is 28.1. The SMILES string of the molecule is Cc1ncnc(C)c1C(=O)O.[2H]C([2H])([2H])OC([2H])([2H])[C@@H](c1ccc(C(F)(F)F)cc1)N1CCN(C2(C)CCN(C(=O)OC(C)(C)C)CC2)C[C@@H]1C.[2H]C([2H])([2H])OC([2H])([2H])[C@@]([2H])(c1ccc(C(F)(F)F)cc1)N1CCN(C2(C)CCN(C(=O)c3c(C)ncnc3C)CC2)C[C@@H]1C. The van der Waals surface area contributed by atoms with E-state index in [4.69, 9.17) is 33.0 Å². The number of carboxylic acid groups (broad SMARTS) is 1. The van der Waals surface area contributed by atoms with Crippen LogP contribution >= 0.6 is 0 Å². The molecule has 6 heterocycles. The number of ether oxygens (including phenoxy) is 3. The Morgan fingerprint density at radius 3 is 1.43 bits per heavy atom. The van der Waals surface area contributed by atoms with E-state index in [0.29, 0.717) is 113 Å². The van der Waals surface area contributed by atoms with Crippen molar-refractivity contribution in [1.29, 1.82) is 0 Å². The number of piperazine rings is 2. The Morgan fingerprint density at radius 1 is 0.631 bits per heavy atom. The molecule has 4 aliphatic heterocycles. The Hall–Kier alpha value is -5.85. The number of carbonyl (C=O) groups is 3. The molecule has 4 aliphatic rings. The lowest BCUT2D eigenvalue weighted by Crippen LogP contribution is -2.62. The number of likely N-dealkylation sites (tertiary alicyclic amines) is 2. The fraction of sp³-hybridized carbons (Fsp3) is 0.623. The number of alkyl halides is 6. The lowest BCUT2D eigenvalue weighted by atomic mass is 9.86. The van der Waals surface area contributed by atoms with Gasteiger partial charge in [-0.25, -0.2) is 29.5 Å². The van der Waals surface area contributed by atoms with Gasteiger partial charge in [0.25, 0.3) is 5.91 Å². The quantitative estimate of drug-likeness (QED) is 0.133. The number of aryl methyl sites for hydroxylation is 4. The van der Waals surface area contributed by atoms with E-state index in [-0.39, 0.29) is 52.4 Å². The number of halogens is 6. The molecule has 0 unspecified atom stereocenters. The van der Waals surface area contributed by atoms with Gasteiger partial charge in [0.05, 0.1) is 79.7 Å². The highest BCUT2D eigenvalue weighted by atomic mass is 19.4. The minimum atomic E-state index is -4.64. The summed E-state index contributed by atoms with van der Waals surface area (Å²) >= 11 is 0. The van der Waals surface area contributed by atoms with Crippen molar-refractivity contribution in [1.82, 2.24) is 49.3 Å². The Bertz CT molecular complexity index is 3260. The van der Waals surface area contributed by atoms with E-state index in [1.54, 1.807) is 49.3 Å². The maximum Gasteiger partial charge on any atom is 0.416 e. The zero-order chi connectivity index (χ0) is 71.6. The van der Waals surface area contributed by atoms with Gasteiger partial charge in [-0.1, -0.05) is 24.3 Å². The number of aromatic nitrogens is 4. The molecule has 2 aromatic heterocycles. The normalized spacial score (nSPS) is 23.8. The van der Waals surface area contributed by atoms with Crippen molar-refractivity contribution in [2.75, 3.05) is 92.6 Å². The third kappa shape index (κ3) is 17.0. The van der Waals surface area contributed by atoms with E-state index in [9.17, 15) is 42.1 Å². The van der Waals surface area contributed by atoms with Crippen LogP contribution in [0.3, 0.4) is 0 Å². The molecule has 4 aromatic rings. The van der Waals surface area contributed by atoms with Gasteiger partial charge in [-0.05, 0) is 137 Å². The highest BCUT2D eigenvalue weighted by Crippen LogP contribution is 2.38. The number of amides is 2. The zero-order valence-electron chi connectivity index (χ0n) is 60.5. The van der Waals surface area contributed by atoms with Crippen LogP contribution in [0.2, 0.25) is 0 Å². The number of benzene rings is 2. The summed E-state index contributed by atoms with van der Waals surface area (Å²) in [4.78, 5) is 63.5. The summed E-state index contributed by atoms with van der Waals surface area (Å²) in [5, 5.41) is 8.67. The second-order valence-corrected chi connectivity index (χ2v) is 23.3. The molecule has 0 bridgehead atoms. The van der Waals surface area contributed by atoms with Crippen LogP contribution in [0.5, 0.6) is 0 Å². The number of hydrogen-bond donors (Lipinski definition) is 1. The van der Waals surface area contributed by atoms with Crippen molar-refractivity contribution in [3.05, 3.63) is 117 Å². The van der Waals surface area contributed by atoms with Gasteiger partial charge in [0.15, 0.2) is 0 Å². The number of methoxy groups -OCH3 is 2. The molecule has 464 valence electrons. The lowest BCUT2D eigenvalue weighted by Gasteiger charge is -2.52.